The number of amides is 2. The van der Waals surface area contributed by atoms with Crippen molar-refractivity contribution in [1.82, 2.24) is 16.1 Å². The van der Waals surface area contributed by atoms with E-state index in [1.54, 1.807) is 0 Å². The summed E-state index contributed by atoms with van der Waals surface area (Å²) in [6, 6.07) is -0.772. The third-order valence-electron chi connectivity index (χ3n) is 5.96. The minimum atomic E-state index is -0.988. The third-order valence-corrected chi connectivity index (χ3v) is 5.96. The summed E-state index contributed by atoms with van der Waals surface area (Å²) in [7, 11) is 0. The molecule has 0 spiro atoms. The van der Waals surface area contributed by atoms with Gasteiger partial charge in [-0.1, -0.05) is 64.2 Å². The summed E-state index contributed by atoms with van der Waals surface area (Å²) in [5, 5.41) is 23.0. The van der Waals surface area contributed by atoms with E-state index in [0.717, 1.165) is 38.5 Å². The van der Waals surface area contributed by atoms with E-state index in [1.807, 2.05) is 0 Å². The lowest BCUT2D eigenvalue weighted by Gasteiger charge is -2.10. The van der Waals surface area contributed by atoms with Crippen LogP contribution in [-0.2, 0) is 19.2 Å². The Bertz CT molecular complexity index is 588. The van der Waals surface area contributed by atoms with Gasteiger partial charge in [0.15, 0.2) is 0 Å². The topological polar surface area (TPSA) is 171 Å². The van der Waals surface area contributed by atoms with Crippen LogP contribution in [0.25, 0.3) is 0 Å². The highest BCUT2D eigenvalue weighted by Crippen LogP contribution is 2.13. The molecule has 1 atom stereocenters. The molecule has 0 aromatic heterocycles. The lowest BCUT2D eigenvalue weighted by molar-refractivity contribution is -0.140. The van der Waals surface area contributed by atoms with Gasteiger partial charge in [-0.3, -0.25) is 25.0 Å². The molecule has 0 aliphatic carbocycles. The summed E-state index contributed by atoms with van der Waals surface area (Å²) < 4.78 is 0. The fourth-order valence-electron chi connectivity index (χ4n) is 3.80. The Morgan fingerprint density at radius 3 is 1.51 bits per heavy atom. The van der Waals surface area contributed by atoms with Gasteiger partial charge < -0.3 is 20.8 Å². The predicted octanol–water partition coefficient (Wildman–Crippen LogP) is 3.24. The number of carboxylic acids is 2. The number of hydrogen-bond donors (Lipinski definition) is 6. The van der Waals surface area contributed by atoms with E-state index in [4.69, 9.17) is 16.1 Å². The second kappa shape index (κ2) is 23.5. The van der Waals surface area contributed by atoms with Gasteiger partial charge in [-0.05, 0) is 32.1 Å². The number of carbonyl (C=O) groups excluding carboxylic acids is 2. The number of unbranched alkanes of at least 4 members (excludes halogenated alkanes) is 12. The molecule has 0 fully saturated rings. The highest BCUT2D eigenvalue weighted by molar-refractivity contribution is 5.78. The first-order valence-corrected chi connectivity index (χ1v) is 13.3. The number of carbonyl (C=O) groups is 4. The quantitative estimate of drug-likeness (QED) is 0.0630. The number of hydrazine groups is 1. The average molecular weight is 501 g/mol. The molecule has 0 aliphatic heterocycles. The highest BCUT2D eigenvalue weighted by Gasteiger charge is 2.14. The number of aliphatic carboxylic acids is 2. The fourth-order valence-corrected chi connectivity index (χ4v) is 3.80. The Hall–Kier alpha value is -2.20. The van der Waals surface area contributed by atoms with E-state index >= 15 is 0 Å². The smallest absolute Gasteiger partial charge is 0.322 e. The van der Waals surface area contributed by atoms with Gasteiger partial charge >= 0.3 is 11.9 Å². The van der Waals surface area contributed by atoms with Crippen LogP contribution < -0.4 is 21.9 Å². The summed E-state index contributed by atoms with van der Waals surface area (Å²) in [6.07, 6.45) is 16.0. The van der Waals surface area contributed by atoms with E-state index in [9.17, 15) is 19.2 Å². The Morgan fingerprint density at radius 2 is 1.03 bits per heavy atom. The first-order chi connectivity index (χ1) is 16.9. The third kappa shape index (κ3) is 23.3. The maximum Gasteiger partial charge on any atom is 0.322 e. The first-order valence-electron chi connectivity index (χ1n) is 13.3. The molecule has 7 N–H and O–H groups in total. The SMILES string of the molecule is NNC(CCCCNC(=O)CCNC(=O)CCCCCCCCCCCCCCC(=O)O)C(=O)O. The van der Waals surface area contributed by atoms with Crippen molar-refractivity contribution < 1.29 is 29.4 Å². The Kier molecular flexibility index (Phi) is 22.1. The second-order valence-electron chi connectivity index (χ2n) is 9.14. The fraction of sp³-hybridized carbons (Fsp3) is 0.840. The zero-order valence-electron chi connectivity index (χ0n) is 21.3. The molecule has 204 valence electrons. The van der Waals surface area contributed by atoms with Crippen molar-refractivity contribution >= 4 is 23.8 Å². The second-order valence-corrected chi connectivity index (χ2v) is 9.14. The van der Waals surface area contributed by atoms with E-state index in [0.29, 0.717) is 38.8 Å². The normalized spacial score (nSPS) is 11.7. The highest BCUT2D eigenvalue weighted by atomic mass is 16.4. The van der Waals surface area contributed by atoms with Crippen LogP contribution in [0.2, 0.25) is 0 Å². The molecular formula is C25H48N4O6. The molecular weight excluding hydrogens is 452 g/mol. The molecule has 10 heteroatoms. The summed E-state index contributed by atoms with van der Waals surface area (Å²) >= 11 is 0. The molecule has 0 saturated carbocycles. The predicted molar refractivity (Wildman–Crippen MR) is 136 cm³/mol. The molecule has 0 saturated heterocycles. The van der Waals surface area contributed by atoms with E-state index in [-0.39, 0.29) is 24.7 Å². The number of carboxylic acid groups (broad SMARTS) is 2. The van der Waals surface area contributed by atoms with Gasteiger partial charge in [0.05, 0.1) is 0 Å². The standard InChI is InChI=1S/C25H48N4O6/c26-29-21(25(34)35)15-13-14-19-27-23(31)18-20-28-22(30)16-11-9-7-5-3-1-2-4-6-8-10-12-17-24(32)33/h21,29H,1-20,26H2,(H,27,31)(H,28,30)(H,32,33)(H,34,35). The van der Waals surface area contributed by atoms with Crippen molar-refractivity contribution in [3.8, 4) is 0 Å². The molecule has 0 bridgehead atoms. The van der Waals surface area contributed by atoms with Gasteiger partial charge in [0, 0.05) is 32.4 Å². The molecule has 0 aromatic rings. The van der Waals surface area contributed by atoms with Crippen LogP contribution in [0.4, 0.5) is 0 Å². The van der Waals surface area contributed by atoms with E-state index < -0.39 is 18.0 Å². The number of hydrogen-bond acceptors (Lipinski definition) is 6. The zero-order chi connectivity index (χ0) is 26.2. The molecule has 0 radical (unpaired) electrons. The summed E-state index contributed by atoms with van der Waals surface area (Å²) in [5.41, 5.74) is 2.24. The van der Waals surface area contributed by atoms with Crippen molar-refractivity contribution in [2.75, 3.05) is 13.1 Å². The maximum atomic E-state index is 11.9. The molecule has 0 aliphatic rings. The van der Waals surface area contributed by atoms with Crippen LogP contribution in [0.5, 0.6) is 0 Å². The van der Waals surface area contributed by atoms with Gasteiger partial charge in [-0.15, -0.1) is 0 Å². The van der Waals surface area contributed by atoms with Gasteiger partial charge in [-0.2, -0.15) is 0 Å². The van der Waals surface area contributed by atoms with Crippen molar-refractivity contribution in [3.05, 3.63) is 0 Å². The molecule has 2 amide bonds. The van der Waals surface area contributed by atoms with Gasteiger partial charge in [0.2, 0.25) is 11.8 Å². The van der Waals surface area contributed by atoms with Crippen molar-refractivity contribution in [2.24, 2.45) is 5.84 Å². The number of nitrogens with two attached hydrogens (primary N) is 1. The van der Waals surface area contributed by atoms with E-state index in [1.165, 1.54) is 38.5 Å². The van der Waals surface area contributed by atoms with Crippen molar-refractivity contribution in [3.63, 3.8) is 0 Å². The largest absolute Gasteiger partial charge is 0.481 e. The first kappa shape index (κ1) is 32.8. The monoisotopic (exact) mass is 500 g/mol. The zero-order valence-corrected chi connectivity index (χ0v) is 21.3. The summed E-state index contributed by atoms with van der Waals surface area (Å²) in [5.74, 6) is 3.32. The molecule has 10 nitrogen and oxygen atoms in total. The molecule has 35 heavy (non-hydrogen) atoms. The van der Waals surface area contributed by atoms with Crippen LogP contribution in [0, 0.1) is 0 Å². The molecule has 1 unspecified atom stereocenters. The van der Waals surface area contributed by atoms with Crippen molar-refractivity contribution in [2.45, 2.75) is 122 Å². The van der Waals surface area contributed by atoms with Crippen LogP contribution in [0.3, 0.4) is 0 Å². The van der Waals surface area contributed by atoms with E-state index in [2.05, 4.69) is 16.1 Å². The summed E-state index contributed by atoms with van der Waals surface area (Å²) in [4.78, 5) is 44.9. The lowest BCUT2D eigenvalue weighted by atomic mass is 10.0. The molecule has 0 aromatic carbocycles. The Morgan fingerprint density at radius 1 is 0.571 bits per heavy atom. The Balaban J connectivity index is 3.39. The van der Waals surface area contributed by atoms with Gasteiger partial charge in [-0.25, -0.2) is 5.43 Å². The average Bonchev–Trinajstić information content (AvgIpc) is 2.81. The lowest BCUT2D eigenvalue weighted by Crippen LogP contribution is -2.41. The molecule has 0 rings (SSSR count). The van der Waals surface area contributed by atoms with Crippen LogP contribution in [0.15, 0.2) is 0 Å². The number of rotatable bonds is 25. The minimum absolute atomic E-state index is 0.0184. The number of nitrogens with one attached hydrogen (secondary N) is 3. The maximum absolute atomic E-state index is 11.9. The van der Waals surface area contributed by atoms with Crippen LogP contribution in [-0.4, -0.2) is 53.1 Å². The van der Waals surface area contributed by atoms with Gasteiger partial charge in [0.25, 0.3) is 0 Å². The summed E-state index contributed by atoms with van der Waals surface area (Å²) in [6.45, 7) is 0.792. The Labute approximate surface area is 210 Å². The van der Waals surface area contributed by atoms with Crippen LogP contribution >= 0.6 is 0 Å². The van der Waals surface area contributed by atoms with Crippen molar-refractivity contribution in [1.29, 1.82) is 0 Å². The molecule has 0 heterocycles. The van der Waals surface area contributed by atoms with Crippen LogP contribution in [0.1, 0.15) is 116 Å². The minimum Gasteiger partial charge on any atom is -0.481 e. The van der Waals surface area contributed by atoms with Gasteiger partial charge in [0.1, 0.15) is 6.04 Å².